The monoisotopic (exact) mass is 293 g/mol. The molecular formula is C14H9ClFNO3. The maximum Gasteiger partial charge on any atom is 0.280 e. The third-order valence-corrected chi connectivity index (χ3v) is 3.15. The fraction of sp³-hybridized carbons (Fsp3) is 0.0714. The molecule has 102 valence electrons. The summed E-state index contributed by atoms with van der Waals surface area (Å²) in [6, 6.07) is 9.64. The molecule has 0 bridgehead atoms. The average molecular weight is 294 g/mol. The molecule has 0 N–H and O–H groups in total. The second-order valence-electron chi connectivity index (χ2n) is 4.07. The Morgan fingerprint density at radius 2 is 1.90 bits per heavy atom. The van der Waals surface area contributed by atoms with Crippen LogP contribution in [0, 0.1) is 15.9 Å². The number of nitrogens with zero attached hydrogens (tertiary/aromatic N) is 1. The number of rotatable bonds is 4. The Kier molecular flexibility index (Phi) is 4.10. The van der Waals surface area contributed by atoms with Crippen molar-refractivity contribution in [3.8, 4) is 0 Å². The van der Waals surface area contributed by atoms with Gasteiger partial charge in [-0.15, -0.1) is 0 Å². The topological polar surface area (TPSA) is 60.2 Å². The van der Waals surface area contributed by atoms with Gasteiger partial charge in [0, 0.05) is 23.1 Å². The van der Waals surface area contributed by atoms with E-state index >= 15 is 0 Å². The molecule has 0 aliphatic rings. The summed E-state index contributed by atoms with van der Waals surface area (Å²) in [5.74, 6) is -1.16. The van der Waals surface area contributed by atoms with Crippen molar-refractivity contribution < 1.29 is 14.1 Å². The summed E-state index contributed by atoms with van der Waals surface area (Å²) in [5, 5.41) is 11.0. The first-order valence-corrected chi connectivity index (χ1v) is 6.08. The first-order valence-electron chi connectivity index (χ1n) is 5.70. The predicted molar refractivity (Wildman–Crippen MR) is 72.5 cm³/mol. The number of carbonyl (C=O) groups excluding carboxylic acids is 1. The van der Waals surface area contributed by atoms with Gasteiger partial charge in [0.25, 0.3) is 5.69 Å². The molecule has 0 atom stereocenters. The molecule has 2 aromatic rings. The van der Waals surface area contributed by atoms with E-state index in [9.17, 15) is 19.3 Å². The Hall–Kier alpha value is -2.27. The molecule has 0 saturated carbocycles. The molecule has 6 heteroatoms. The van der Waals surface area contributed by atoms with Gasteiger partial charge in [0.15, 0.2) is 5.78 Å². The molecule has 0 saturated heterocycles. The molecular weight excluding hydrogens is 285 g/mol. The summed E-state index contributed by atoms with van der Waals surface area (Å²) in [7, 11) is 0. The quantitative estimate of drug-likeness (QED) is 0.489. The highest BCUT2D eigenvalue weighted by Crippen LogP contribution is 2.24. The van der Waals surface area contributed by atoms with Crippen LogP contribution in [0.25, 0.3) is 0 Å². The highest BCUT2D eigenvalue weighted by Gasteiger charge is 2.21. The summed E-state index contributed by atoms with van der Waals surface area (Å²) in [5.41, 5.74) is -0.320. The minimum absolute atomic E-state index is 0.0392. The van der Waals surface area contributed by atoms with Crippen LogP contribution >= 0.6 is 11.6 Å². The van der Waals surface area contributed by atoms with E-state index < -0.39 is 16.5 Å². The van der Waals surface area contributed by atoms with Crippen molar-refractivity contribution in [3.63, 3.8) is 0 Å². The lowest BCUT2D eigenvalue weighted by Crippen LogP contribution is -2.08. The number of carbonyl (C=O) groups is 1. The average Bonchev–Trinajstić information content (AvgIpc) is 2.43. The Balaban J connectivity index is 2.36. The van der Waals surface area contributed by atoms with Crippen LogP contribution in [0.5, 0.6) is 0 Å². The van der Waals surface area contributed by atoms with Gasteiger partial charge in [-0.2, -0.15) is 0 Å². The van der Waals surface area contributed by atoms with Crippen molar-refractivity contribution in [1.82, 2.24) is 0 Å². The fourth-order valence-electron chi connectivity index (χ4n) is 1.83. The van der Waals surface area contributed by atoms with Crippen molar-refractivity contribution in [2.75, 3.05) is 0 Å². The normalized spacial score (nSPS) is 10.3. The van der Waals surface area contributed by atoms with Crippen molar-refractivity contribution in [2.45, 2.75) is 6.42 Å². The number of nitro benzene ring substituents is 1. The number of Topliss-reactive ketones (excluding diaryl/α,β-unsaturated/α-hetero) is 1. The fourth-order valence-corrected chi connectivity index (χ4v) is 2.06. The van der Waals surface area contributed by atoms with E-state index in [-0.39, 0.29) is 28.3 Å². The maximum absolute atomic E-state index is 13.6. The van der Waals surface area contributed by atoms with Crippen LogP contribution in [0.3, 0.4) is 0 Å². The van der Waals surface area contributed by atoms with Crippen molar-refractivity contribution in [2.24, 2.45) is 0 Å². The number of hydrogen-bond donors (Lipinski definition) is 0. The van der Waals surface area contributed by atoms with E-state index in [1.165, 1.54) is 42.5 Å². The zero-order valence-corrected chi connectivity index (χ0v) is 10.9. The molecule has 0 aromatic heterocycles. The molecule has 20 heavy (non-hydrogen) atoms. The molecule has 0 radical (unpaired) electrons. The van der Waals surface area contributed by atoms with Gasteiger partial charge in [-0.25, -0.2) is 4.39 Å². The van der Waals surface area contributed by atoms with Crippen molar-refractivity contribution in [1.29, 1.82) is 0 Å². The predicted octanol–water partition coefficient (Wildman–Crippen LogP) is 3.81. The lowest BCUT2D eigenvalue weighted by Gasteiger charge is -2.05. The third-order valence-electron chi connectivity index (χ3n) is 2.80. The van der Waals surface area contributed by atoms with E-state index in [2.05, 4.69) is 0 Å². The van der Waals surface area contributed by atoms with E-state index in [4.69, 9.17) is 11.6 Å². The molecule has 4 nitrogen and oxygen atoms in total. The molecule has 0 aliphatic carbocycles. The van der Waals surface area contributed by atoms with Crippen LogP contribution in [-0.4, -0.2) is 10.7 Å². The van der Waals surface area contributed by atoms with E-state index in [1.54, 1.807) is 0 Å². The Labute approximate surface area is 119 Å². The summed E-state index contributed by atoms with van der Waals surface area (Å²) < 4.78 is 13.6. The molecule has 2 aromatic carbocycles. The molecule has 0 aliphatic heterocycles. The van der Waals surface area contributed by atoms with E-state index in [1.807, 2.05) is 0 Å². The zero-order chi connectivity index (χ0) is 14.7. The minimum atomic E-state index is -0.643. The SMILES string of the molecule is O=C(Cc1c(F)cccc1Cl)c1ccccc1[N+](=O)[O-]. The van der Waals surface area contributed by atoms with Crippen LogP contribution in [0.15, 0.2) is 42.5 Å². The summed E-state index contributed by atoms with van der Waals surface area (Å²) >= 11 is 5.84. The number of halogens is 2. The largest absolute Gasteiger partial charge is 0.294 e. The van der Waals surface area contributed by atoms with Crippen LogP contribution < -0.4 is 0 Å². The van der Waals surface area contributed by atoms with Gasteiger partial charge in [-0.1, -0.05) is 29.8 Å². The number of ketones is 1. The van der Waals surface area contributed by atoms with Crippen LogP contribution in [0.4, 0.5) is 10.1 Å². The molecule has 0 unspecified atom stereocenters. The smallest absolute Gasteiger partial charge is 0.280 e. The lowest BCUT2D eigenvalue weighted by atomic mass is 10.0. The van der Waals surface area contributed by atoms with Crippen LogP contribution in [0.1, 0.15) is 15.9 Å². The van der Waals surface area contributed by atoms with Gasteiger partial charge >= 0.3 is 0 Å². The summed E-state index contributed by atoms with van der Waals surface area (Å²) in [6.45, 7) is 0. The maximum atomic E-state index is 13.6. The second-order valence-corrected chi connectivity index (χ2v) is 4.48. The molecule has 0 fully saturated rings. The highest BCUT2D eigenvalue weighted by atomic mass is 35.5. The van der Waals surface area contributed by atoms with Crippen LogP contribution in [0.2, 0.25) is 5.02 Å². The van der Waals surface area contributed by atoms with Crippen molar-refractivity contribution >= 4 is 23.1 Å². The van der Waals surface area contributed by atoms with Gasteiger partial charge in [-0.05, 0) is 18.2 Å². The molecule has 2 rings (SSSR count). The summed E-state index contributed by atoms with van der Waals surface area (Å²) in [4.78, 5) is 22.3. The van der Waals surface area contributed by atoms with Gasteiger partial charge in [0.05, 0.1) is 10.5 Å². The van der Waals surface area contributed by atoms with Gasteiger partial charge in [-0.3, -0.25) is 14.9 Å². The molecule has 0 spiro atoms. The third kappa shape index (κ3) is 2.83. The highest BCUT2D eigenvalue weighted by molar-refractivity contribution is 6.31. The van der Waals surface area contributed by atoms with E-state index in [0.29, 0.717) is 0 Å². The van der Waals surface area contributed by atoms with Crippen molar-refractivity contribution in [3.05, 3.63) is 74.5 Å². The number of para-hydroxylation sites is 1. The van der Waals surface area contributed by atoms with Gasteiger partial charge < -0.3 is 0 Å². The molecule has 0 amide bonds. The minimum Gasteiger partial charge on any atom is -0.294 e. The Morgan fingerprint density at radius 3 is 2.55 bits per heavy atom. The van der Waals surface area contributed by atoms with Gasteiger partial charge in [0.2, 0.25) is 0 Å². The standard InChI is InChI=1S/C14H9ClFNO3/c15-11-5-3-6-12(16)10(11)8-14(18)9-4-1-2-7-13(9)17(19)20/h1-7H,8H2. The van der Waals surface area contributed by atoms with E-state index in [0.717, 1.165) is 0 Å². The summed E-state index contributed by atoms with van der Waals surface area (Å²) in [6.07, 6.45) is -0.323. The first-order chi connectivity index (χ1) is 9.50. The Morgan fingerprint density at radius 1 is 1.20 bits per heavy atom. The van der Waals surface area contributed by atoms with Crippen LogP contribution in [-0.2, 0) is 6.42 Å². The van der Waals surface area contributed by atoms with Gasteiger partial charge in [0.1, 0.15) is 5.82 Å². The second kappa shape index (κ2) is 5.79. The lowest BCUT2D eigenvalue weighted by molar-refractivity contribution is -0.385. The number of nitro groups is 1. The number of hydrogen-bond acceptors (Lipinski definition) is 3. The Bertz CT molecular complexity index is 668. The zero-order valence-electron chi connectivity index (χ0n) is 10.2. The number of benzene rings is 2. The first kappa shape index (κ1) is 14.1. The molecule has 0 heterocycles.